The Morgan fingerprint density at radius 1 is 1.57 bits per heavy atom. The molecule has 2 aromatic rings. The molecule has 1 aliphatic heterocycles. The van der Waals surface area contributed by atoms with Crippen LogP contribution in [0, 0.1) is 6.92 Å². The van der Waals surface area contributed by atoms with E-state index in [0.717, 1.165) is 24.3 Å². The molecule has 1 saturated heterocycles. The van der Waals surface area contributed by atoms with Crippen LogP contribution in [-0.2, 0) is 6.61 Å². The Morgan fingerprint density at radius 3 is 3.10 bits per heavy atom. The van der Waals surface area contributed by atoms with Gasteiger partial charge in [0.25, 0.3) is 5.91 Å². The third-order valence-corrected chi connectivity index (χ3v) is 4.32. The Morgan fingerprint density at radius 2 is 2.43 bits per heavy atom. The highest BCUT2D eigenvalue weighted by atomic mass is 32.1. The van der Waals surface area contributed by atoms with Gasteiger partial charge < -0.3 is 10.0 Å². The Hall–Kier alpha value is -1.80. The van der Waals surface area contributed by atoms with Gasteiger partial charge in [0, 0.05) is 18.0 Å². The smallest absolute Gasteiger partial charge is 0.273 e. The van der Waals surface area contributed by atoms with Gasteiger partial charge in [-0.3, -0.25) is 4.79 Å². The molecule has 3 heterocycles. The van der Waals surface area contributed by atoms with E-state index < -0.39 is 0 Å². The lowest BCUT2D eigenvalue weighted by Gasteiger charge is -2.32. The van der Waals surface area contributed by atoms with E-state index in [1.807, 2.05) is 17.9 Å². The maximum Gasteiger partial charge on any atom is 0.273 e. The van der Waals surface area contributed by atoms with Gasteiger partial charge in [-0.05, 0) is 37.4 Å². The second-order valence-electron chi connectivity index (χ2n) is 5.22. The Labute approximate surface area is 126 Å². The van der Waals surface area contributed by atoms with Crippen molar-refractivity contribution < 1.29 is 9.90 Å². The van der Waals surface area contributed by atoms with E-state index in [-0.39, 0.29) is 18.6 Å². The van der Waals surface area contributed by atoms with E-state index in [0.29, 0.717) is 17.9 Å². The molecule has 1 unspecified atom stereocenters. The number of aliphatic hydroxyl groups is 1. The molecule has 3 rings (SSSR count). The number of aromatic nitrogens is 4. The second-order valence-corrected chi connectivity index (χ2v) is 6.23. The molecule has 0 saturated carbocycles. The Balaban J connectivity index is 1.72. The molecule has 112 valence electrons. The van der Waals surface area contributed by atoms with Crippen LogP contribution >= 0.6 is 11.5 Å². The summed E-state index contributed by atoms with van der Waals surface area (Å²) in [6.45, 7) is 3.17. The third kappa shape index (κ3) is 2.96. The predicted octanol–water partition coefficient (Wildman–Crippen LogP) is 1.01. The van der Waals surface area contributed by atoms with Crippen LogP contribution in [0.4, 0.5) is 0 Å². The topological polar surface area (TPSA) is 84.1 Å². The van der Waals surface area contributed by atoms with Crippen LogP contribution in [0.5, 0.6) is 0 Å². The molecule has 2 aromatic heterocycles. The number of likely N-dealkylation sites (tertiary alicyclic amines) is 1. The highest BCUT2D eigenvalue weighted by molar-refractivity contribution is 7.05. The van der Waals surface area contributed by atoms with Crippen molar-refractivity contribution in [2.24, 2.45) is 0 Å². The van der Waals surface area contributed by atoms with Crippen molar-refractivity contribution in [3.05, 3.63) is 28.5 Å². The number of nitrogens with zero attached hydrogens (tertiary/aromatic N) is 5. The van der Waals surface area contributed by atoms with E-state index in [4.69, 9.17) is 5.11 Å². The molecule has 21 heavy (non-hydrogen) atoms. The Kier molecular flexibility index (Phi) is 3.98. The fourth-order valence-corrected chi connectivity index (χ4v) is 3.09. The molecule has 1 atom stereocenters. The van der Waals surface area contributed by atoms with Crippen molar-refractivity contribution in [3.63, 3.8) is 0 Å². The first-order valence-electron chi connectivity index (χ1n) is 6.91. The lowest BCUT2D eigenvalue weighted by molar-refractivity contribution is 0.0667. The van der Waals surface area contributed by atoms with Gasteiger partial charge in [-0.25, -0.2) is 4.68 Å². The fraction of sp³-hybridized carbons (Fsp3) is 0.538. The van der Waals surface area contributed by atoms with Crippen molar-refractivity contribution in [3.8, 4) is 0 Å². The summed E-state index contributed by atoms with van der Waals surface area (Å²) >= 11 is 1.35. The van der Waals surface area contributed by atoms with Crippen molar-refractivity contribution in [2.45, 2.75) is 32.4 Å². The van der Waals surface area contributed by atoms with E-state index in [1.165, 1.54) is 11.5 Å². The highest BCUT2D eigenvalue weighted by Gasteiger charge is 2.27. The van der Waals surface area contributed by atoms with E-state index in [9.17, 15) is 4.79 Å². The summed E-state index contributed by atoms with van der Waals surface area (Å²) in [5.74, 6) is -0.0217. The zero-order valence-corrected chi connectivity index (χ0v) is 12.6. The van der Waals surface area contributed by atoms with E-state index >= 15 is 0 Å². The molecule has 1 aliphatic rings. The summed E-state index contributed by atoms with van der Waals surface area (Å²) in [5.41, 5.74) is 1.07. The van der Waals surface area contributed by atoms with Crippen LogP contribution in [0.1, 0.15) is 39.9 Å². The average molecular weight is 307 g/mol. The molecular formula is C13H17N5O2S. The number of carbonyl (C=O) groups excluding carboxylic acids is 1. The minimum atomic E-state index is -0.118. The molecule has 0 aliphatic carbocycles. The van der Waals surface area contributed by atoms with E-state index in [2.05, 4.69) is 14.7 Å². The minimum Gasteiger partial charge on any atom is -0.390 e. The van der Waals surface area contributed by atoms with Crippen LogP contribution in [-0.4, -0.2) is 48.4 Å². The van der Waals surface area contributed by atoms with Crippen LogP contribution in [0.15, 0.2) is 12.3 Å². The number of piperidine rings is 1. The van der Waals surface area contributed by atoms with Gasteiger partial charge in [-0.2, -0.15) is 4.37 Å². The minimum absolute atomic E-state index is 0.0217. The number of aliphatic hydroxyl groups excluding tert-OH is 1. The van der Waals surface area contributed by atoms with Gasteiger partial charge in [0.1, 0.15) is 11.4 Å². The van der Waals surface area contributed by atoms with Gasteiger partial charge in [0.05, 0.1) is 18.8 Å². The van der Waals surface area contributed by atoms with E-state index in [1.54, 1.807) is 10.9 Å². The number of aryl methyl sites for hydroxylation is 1. The van der Waals surface area contributed by atoms with Crippen molar-refractivity contribution >= 4 is 17.4 Å². The molecule has 7 nitrogen and oxygen atoms in total. The fourth-order valence-electron chi connectivity index (χ4n) is 2.55. The second kappa shape index (κ2) is 5.90. The summed E-state index contributed by atoms with van der Waals surface area (Å²) in [6, 6.07) is 1.94. The molecular weight excluding hydrogens is 290 g/mol. The summed E-state index contributed by atoms with van der Waals surface area (Å²) < 4.78 is 5.94. The zero-order chi connectivity index (χ0) is 14.8. The van der Waals surface area contributed by atoms with Gasteiger partial charge in [-0.15, -0.1) is 5.10 Å². The zero-order valence-electron chi connectivity index (χ0n) is 11.8. The maximum absolute atomic E-state index is 12.4. The number of amides is 1. The molecule has 1 fully saturated rings. The largest absolute Gasteiger partial charge is 0.390 e. The molecule has 0 bridgehead atoms. The predicted molar refractivity (Wildman–Crippen MR) is 77.0 cm³/mol. The highest BCUT2D eigenvalue weighted by Crippen LogP contribution is 2.22. The monoisotopic (exact) mass is 307 g/mol. The number of hydrogen-bond donors (Lipinski definition) is 1. The SMILES string of the molecule is Cc1cc(C(=O)N2CCCC(n3cc(CO)nn3)C2)ns1. The Bertz CT molecular complexity index is 638. The summed E-state index contributed by atoms with van der Waals surface area (Å²) in [4.78, 5) is 15.3. The van der Waals surface area contributed by atoms with Crippen LogP contribution < -0.4 is 0 Å². The number of carbonyl (C=O) groups is 1. The molecule has 0 aromatic carbocycles. The average Bonchev–Trinajstić information content (AvgIpc) is 3.15. The molecule has 8 heteroatoms. The van der Waals surface area contributed by atoms with Gasteiger partial charge >= 0.3 is 0 Å². The van der Waals surface area contributed by atoms with Gasteiger partial charge in [0.15, 0.2) is 0 Å². The van der Waals surface area contributed by atoms with Crippen molar-refractivity contribution in [1.82, 2.24) is 24.3 Å². The molecule has 1 amide bonds. The van der Waals surface area contributed by atoms with Crippen LogP contribution in [0.25, 0.3) is 0 Å². The van der Waals surface area contributed by atoms with Gasteiger partial charge in [-0.1, -0.05) is 5.21 Å². The maximum atomic E-state index is 12.4. The quantitative estimate of drug-likeness (QED) is 0.915. The van der Waals surface area contributed by atoms with Crippen molar-refractivity contribution in [2.75, 3.05) is 13.1 Å². The first-order valence-corrected chi connectivity index (χ1v) is 7.69. The molecule has 0 radical (unpaired) electrons. The van der Waals surface area contributed by atoms with Crippen molar-refractivity contribution in [1.29, 1.82) is 0 Å². The summed E-state index contributed by atoms with van der Waals surface area (Å²) in [6.07, 6.45) is 3.62. The normalized spacial score (nSPS) is 19.0. The van der Waals surface area contributed by atoms with Gasteiger partial charge in [0.2, 0.25) is 0 Å². The lowest BCUT2D eigenvalue weighted by Crippen LogP contribution is -2.41. The lowest BCUT2D eigenvalue weighted by atomic mass is 10.1. The number of hydrogen-bond acceptors (Lipinski definition) is 6. The number of rotatable bonds is 3. The first kappa shape index (κ1) is 14.2. The summed E-state index contributed by atoms with van der Waals surface area (Å²) in [5, 5.41) is 17.0. The van der Waals surface area contributed by atoms with Crippen LogP contribution in [0.3, 0.4) is 0 Å². The molecule has 0 spiro atoms. The van der Waals surface area contributed by atoms with Crippen LogP contribution in [0.2, 0.25) is 0 Å². The first-order chi connectivity index (χ1) is 10.2. The molecule has 1 N–H and O–H groups in total. The summed E-state index contributed by atoms with van der Waals surface area (Å²) in [7, 11) is 0. The standard InChI is InChI=1S/C13H17N5O2S/c1-9-5-12(15-21-9)13(20)17-4-2-3-11(7-17)18-6-10(8-19)14-16-18/h5-6,11,19H,2-4,7-8H2,1H3. The third-order valence-electron chi connectivity index (χ3n) is 3.62.